The molecule has 3 heterocycles. The van der Waals surface area contributed by atoms with Crippen molar-refractivity contribution in [3.63, 3.8) is 0 Å². The van der Waals surface area contributed by atoms with Gasteiger partial charge in [0.2, 0.25) is 23.7 Å². The van der Waals surface area contributed by atoms with Gasteiger partial charge in [-0.25, -0.2) is 4.98 Å². The number of alkyl halides is 3. The van der Waals surface area contributed by atoms with E-state index in [1.54, 1.807) is 18.2 Å². The van der Waals surface area contributed by atoms with Gasteiger partial charge in [-0.15, -0.1) is 13.2 Å². The molecule has 1 fully saturated rings. The van der Waals surface area contributed by atoms with Gasteiger partial charge in [0.1, 0.15) is 29.2 Å². The van der Waals surface area contributed by atoms with E-state index < -0.39 is 18.3 Å². The van der Waals surface area contributed by atoms with Gasteiger partial charge in [0.15, 0.2) is 0 Å². The zero-order chi connectivity index (χ0) is 43.8. The first kappa shape index (κ1) is 46.1. The molecule has 6 N–H and O–H groups in total. The number of nitrogens with one attached hydrogen (secondary N) is 6. The predicted molar refractivity (Wildman–Crippen MR) is 223 cm³/mol. The van der Waals surface area contributed by atoms with Crippen LogP contribution in [0.25, 0.3) is 0 Å². The van der Waals surface area contributed by atoms with Crippen molar-refractivity contribution in [3.8, 4) is 11.8 Å². The normalized spacial score (nSPS) is 16.0. The summed E-state index contributed by atoms with van der Waals surface area (Å²) in [6.07, 6.45) is 5.04. The van der Waals surface area contributed by atoms with Gasteiger partial charge >= 0.3 is 6.36 Å². The zero-order valence-electron chi connectivity index (χ0n) is 34.6. The number of fused-ring (bicyclic) bond motifs is 1. The number of rotatable bonds is 24. The highest BCUT2D eigenvalue weighted by molar-refractivity contribution is 6.06. The first-order chi connectivity index (χ1) is 29.3. The number of carbonyl (C=O) groups excluding carboxylic acids is 4. The van der Waals surface area contributed by atoms with Gasteiger partial charge in [0.25, 0.3) is 5.91 Å². The van der Waals surface area contributed by atoms with E-state index in [0.717, 1.165) is 63.5 Å². The van der Waals surface area contributed by atoms with Crippen molar-refractivity contribution in [2.24, 2.45) is 5.92 Å². The van der Waals surface area contributed by atoms with Crippen LogP contribution >= 0.6 is 0 Å². The third-order valence-corrected chi connectivity index (χ3v) is 10.8. The van der Waals surface area contributed by atoms with E-state index >= 15 is 0 Å². The van der Waals surface area contributed by atoms with Gasteiger partial charge in [-0.2, -0.15) is 10.2 Å². The number of benzene rings is 2. The summed E-state index contributed by atoms with van der Waals surface area (Å²) in [5.41, 5.74) is 2.44. The molecule has 0 saturated carbocycles. The molecule has 15 nitrogen and oxygen atoms in total. The number of carbonyl (C=O) groups is 4. The topological polar surface area (TPSA) is 202 Å². The van der Waals surface area contributed by atoms with E-state index in [2.05, 4.69) is 66.5 Å². The first-order valence-electron chi connectivity index (χ1n) is 20.9. The Morgan fingerprint density at radius 1 is 1.02 bits per heavy atom. The number of nitriles is 1. The molecule has 18 heteroatoms. The minimum atomic E-state index is -4.82. The quantitative estimate of drug-likeness (QED) is 0.0455. The van der Waals surface area contributed by atoms with Crippen LogP contribution in [-0.4, -0.2) is 83.1 Å². The van der Waals surface area contributed by atoms with Crippen molar-refractivity contribution in [1.82, 2.24) is 30.8 Å². The highest BCUT2D eigenvalue weighted by Crippen LogP contribution is 2.32. The van der Waals surface area contributed by atoms with E-state index in [0.29, 0.717) is 36.2 Å². The minimum Gasteiger partial charge on any atom is -0.405 e. The lowest BCUT2D eigenvalue weighted by Crippen LogP contribution is -2.52. The number of hydrogen-bond donors (Lipinski definition) is 6. The summed E-state index contributed by atoms with van der Waals surface area (Å²) < 4.78 is 42.6. The lowest BCUT2D eigenvalue weighted by Gasteiger charge is -2.29. The number of unbranched alkanes of at least 4 members (excludes halogenated alkanes) is 4. The molecular weight excluding hydrogens is 794 g/mol. The molecular formula is C43H55F3N10O5. The Balaban J connectivity index is 0.913. The van der Waals surface area contributed by atoms with Gasteiger partial charge < -0.3 is 36.2 Å². The van der Waals surface area contributed by atoms with Crippen LogP contribution in [0.2, 0.25) is 0 Å². The summed E-state index contributed by atoms with van der Waals surface area (Å²) in [6, 6.07) is 12.8. The summed E-state index contributed by atoms with van der Waals surface area (Å²) in [5.74, 6) is -0.721. The molecule has 0 bridgehead atoms. The molecule has 1 saturated heterocycles. The number of nitrogens with zero attached hydrogens (tertiary/aromatic N) is 4. The number of anilines is 3. The number of halogens is 3. The average molecular weight is 849 g/mol. The second-order valence-corrected chi connectivity index (χ2v) is 15.4. The fraction of sp³-hybridized carbons (Fsp3) is 0.512. The highest BCUT2D eigenvalue weighted by atomic mass is 19.4. The van der Waals surface area contributed by atoms with E-state index in [9.17, 15) is 37.6 Å². The van der Waals surface area contributed by atoms with Crippen molar-refractivity contribution >= 4 is 41.1 Å². The Morgan fingerprint density at radius 2 is 1.79 bits per heavy atom. The maximum Gasteiger partial charge on any atom is 0.573 e. The molecule has 1 unspecified atom stereocenters. The van der Waals surface area contributed by atoms with Gasteiger partial charge in [-0.3, -0.25) is 24.5 Å². The molecule has 2 aliphatic rings. The Labute approximate surface area is 354 Å². The molecule has 2 aliphatic heterocycles. The largest absolute Gasteiger partial charge is 0.573 e. The fourth-order valence-electron chi connectivity index (χ4n) is 7.34. The fourth-order valence-corrected chi connectivity index (χ4v) is 7.34. The van der Waals surface area contributed by atoms with Crippen LogP contribution in [0.4, 0.5) is 30.6 Å². The molecule has 3 aromatic rings. The summed E-state index contributed by atoms with van der Waals surface area (Å²) in [4.78, 5) is 59.6. The summed E-state index contributed by atoms with van der Waals surface area (Å²) in [6.45, 7) is 6.63. The van der Waals surface area contributed by atoms with Crippen molar-refractivity contribution in [3.05, 3.63) is 70.9 Å². The van der Waals surface area contributed by atoms with Crippen LogP contribution in [0.3, 0.4) is 0 Å². The number of hydrogen-bond acceptors (Lipinski definition) is 12. The zero-order valence-corrected chi connectivity index (χ0v) is 34.6. The van der Waals surface area contributed by atoms with Crippen LogP contribution in [0, 0.1) is 17.2 Å². The molecule has 3 atom stereocenters. The van der Waals surface area contributed by atoms with E-state index in [-0.39, 0.29) is 78.9 Å². The molecule has 328 valence electrons. The molecule has 0 aliphatic carbocycles. The maximum atomic E-state index is 13.1. The molecule has 61 heavy (non-hydrogen) atoms. The third-order valence-electron chi connectivity index (χ3n) is 10.8. The monoisotopic (exact) mass is 848 g/mol. The summed E-state index contributed by atoms with van der Waals surface area (Å²) in [5, 5.41) is 27.8. The summed E-state index contributed by atoms with van der Waals surface area (Å²) in [7, 11) is 0. The van der Waals surface area contributed by atoms with Crippen LogP contribution in [0.5, 0.6) is 5.75 Å². The third kappa shape index (κ3) is 14.1. The smallest absolute Gasteiger partial charge is 0.405 e. The number of piperidine rings is 1. The second-order valence-electron chi connectivity index (χ2n) is 15.4. The second kappa shape index (κ2) is 22.6. The molecule has 0 spiro atoms. The van der Waals surface area contributed by atoms with Crippen molar-refractivity contribution < 1.29 is 37.1 Å². The number of aromatic nitrogens is 2. The number of para-hydroxylation sites is 1. The Hall–Kier alpha value is -5.96. The van der Waals surface area contributed by atoms with Gasteiger partial charge in [0, 0.05) is 61.0 Å². The first-order valence-corrected chi connectivity index (χ1v) is 20.9. The van der Waals surface area contributed by atoms with Gasteiger partial charge in [-0.05, 0) is 69.2 Å². The number of ether oxygens (including phenoxy) is 1. The lowest BCUT2D eigenvalue weighted by atomic mass is 10.00. The molecule has 2 aromatic carbocycles. The van der Waals surface area contributed by atoms with Crippen LogP contribution in [0.15, 0.2) is 48.7 Å². The van der Waals surface area contributed by atoms with E-state index in [1.165, 1.54) is 29.3 Å². The average Bonchev–Trinajstić information content (AvgIpc) is 3.57. The van der Waals surface area contributed by atoms with Gasteiger partial charge in [-0.1, -0.05) is 57.4 Å². The highest BCUT2D eigenvalue weighted by Gasteiger charge is 2.40. The minimum absolute atomic E-state index is 0.0127. The Kier molecular flexibility index (Phi) is 17.1. The molecule has 5 rings (SSSR count). The van der Waals surface area contributed by atoms with Crippen LogP contribution in [-0.2, 0) is 27.5 Å². The number of imide groups is 1. The van der Waals surface area contributed by atoms with E-state index in [4.69, 9.17) is 0 Å². The standard InChI is InChI=1S/C43H55F3N10O5/c1-3-31(17-16-28(2)23-51-39-30(22-47)25-53-42(55-39)52-24-29-12-7-8-15-36(29)61-43(44,45)46)48-20-9-5-4-6-10-21-49-38(58)26-50-34-14-11-13-32-33(34)27-56(41(32)60)35-18-19-37(57)54-40(35)59/h7-8,11-15,25,28,31,35,48,50H,3-6,9-10,16-21,23-24,26-27H2,1-2H3,(H,49,58)(H,54,57,59)(H2,51,52,53,55)/t28-,31-,35?/m1/s1. The molecule has 0 radical (unpaired) electrons. The van der Waals surface area contributed by atoms with Crippen molar-refractivity contribution in [2.45, 2.75) is 110 Å². The van der Waals surface area contributed by atoms with Crippen molar-refractivity contribution in [2.75, 3.05) is 42.1 Å². The predicted octanol–water partition coefficient (Wildman–Crippen LogP) is 6.00. The SMILES string of the molecule is CC[C@H](CC[C@@H](C)CNc1nc(NCc2ccccc2OC(F)(F)F)ncc1C#N)NCCCCCCCNC(=O)CNc1cccc2c1CN(C1CCC(=O)NC1=O)C2=O. The van der Waals surface area contributed by atoms with Gasteiger partial charge in [0.05, 0.1) is 12.7 Å². The van der Waals surface area contributed by atoms with Crippen LogP contribution in [0.1, 0.15) is 105 Å². The lowest BCUT2D eigenvalue weighted by molar-refractivity contribution is -0.274. The van der Waals surface area contributed by atoms with Crippen LogP contribution < -0.4 is 36.6 Å². The summed E-state index contributed by atoms with van der Waals surface area (Å²) >= 11 is 0. The maximum absolute atomic E-state index is 13.1. The Bertz CT molecular complexity index is 2030. The molecule has 1 aromatic heterocycles. The van der Waals surface area contributed by atoms with Crippen molar-refractivity contribution in [1.29, 1.82) is 5.26 Å². The van der Waals surface area contributed by atoms with E-state index in [1.807, 2.05) is 6.07 Å². The Morgan fingerprint density at radius 3 is 2.54 bits per heavy atom. The molecule has 4 amide bonds. The number of amides is 4.